The smallest absolute Gasteiger partial charge is 0.219 e. The lowest BCUT2D eigenvalue weighted by Gasteiger charge is -2.26. The van der Waals surface area contributed by atoms with Crippen LogP contribution in [0.1, 0.15) is 79.1 Å². The second-order valence-electron chi connectivity index (χ2n) is 5.82. The Bertz CT molecular complexity index is 237. The van der Waals surface area contributed by atoms with Crippen molar-refractivity contribution in [2.45, 2.75) is 79.1 Å². The van der Waals surface area contributed by atoms with Crippen LogP contribution in [0.3, 0.4) is 0 Å². The van der Waals surface area contributed by atoms with Gasteiger partial charge in [0.1, 0.15) is 0 Å². The first-order valence-corrected chi connectivity index (χ1v) is 9.22. The molecule has 1 fully saturated rings. The molecule has 0 aliphatic carbocycles. The first kappa shape index (κ1) is 20.4. The highest BCUT2D eigenvalue weighted by atomic mass is 16.2. The van der Waals surface area contributed by atoms with Crippen molar-refractivity contribution in [3.8, 4) is 0 Å². The van der Waals surface area contributed by atoms with Crippen LogP contribution in [0, 0.1) is 0 Å². The van der Waals surface area contributed by atoms with E-state index in [1.54, 1.807) is 6.92 Å². The fourth-order valence-corrected chi connectivity index (χ4v) is 2.77. The molecule has 0 N–H and O–H groups in total. The van der Waals surface area contributed by atoms with Gasteiger partial charge in [0.05, 0.1) is 0 Å². The van der Waals surface area contributed by atoms with Gasteiger partial charge in [-0.2, -0.15) is 0 Å². The number of rotatable bonds is 9. The summed E-state index contributed by atoms with van der Waals surface area (Å²) in [6.45, 7) is 13.6. The van der Waals surface area contributed by atoms with Gasteiger partial charge in [0, 0.05) is 20.0 Å². The number of piperidine rings is 1. The summed E-state index contributed by atoms with van der Waals surface area (Å²) >= 11 is 0. The highest BCUT2D eigenvalue weighted by Gasteiger charge is 2.10. The molecule has 1 aliphatic heterocycles. The van der Waals surface area contributed by atoms with Gasteiger partial charge in [0.15, 0.2) is 0 Å². The van der Waals surface area contributed by atoms with Crippen molar-refractivity contribution in [1.29, 1.82) is 0 Å². The topological polar surface area (TPSA) is 23.6 Å². The normalized spacial score (nSPS) is 15.2. The summed E-state index contributed by atoms with van der Waals surface area (Å²) in [7, 11) is 0. The van der Waals surface area contributed by atoms with Crippen LogP contribution in [0.4, 0.5) is 0 Å². The molecule has 0 radical (unpaired) electrons. The lowest BCUT2D eigenvalue weighted by Crippen LogP contribution is -2.31. The van der Waals surface area contributed by atoms with Crippen LogP contribution in [-0.4, -0.2) is 48.4 Å². The molecule has 21 heavy (non-hydrogen) atoms. The number of nitrogens with zero attached hydrogens (tertiary/aromatic N) is 2. The van der Waals surface area contributed by atoms with E-state index in [-0.39, 0.29) is 5.91 Å². The molecular weight excluding hydrogens is 260 g/mol. The molecule has 1 saturated heterocycles. The SMILES string of the molecule is CC.CCCCN(CCCCCN1CCCCC1)C(C)=O. The molecular formula is C18H38N2O. The average molecular weight is 299 g/mol. The molecule has 3 heteroatoms. The van der Waals surface area contributed by atoms with E-state index in [2.05, 4.69) is 11.8 Å². The third kappa shape index (κ3) is 10.8. The first-order valence-electron chi connectivity index (χ1n) is 9.22. The van der Waals surface area contributed by atoms with Gasteiger partial charge in [0.25, 0.3) is 0 Å². The fraction of sp³-hybridized carbons (Fsp3) is 0.944. The van der Waals surface area contributed by atoms with Crippen molar-refractivity contribution in [2.75, 3.05) is 32.7 Å². The highest BCUT2D eigenvalue weighted by Crippen LogP contribution is 2.10. The standard InChI is InChI=1S/C16H32N2O.C2H6/c1-3-4-14-18(16(2)19)15-10-6-9-13-17-11-7-5-8-12-17;1-2/h3-15H2,1-2H3;1-2H3. The predicted octanol–water partition coefficient (Wildman–Crippen LogP) is 4.32. The van der Waals surface area contributed by atoms with E-state index < -0.39 is 0 Å². The predicted molar refractivity (Wildman–Crippen MR) is 92.7 cm³/mol. The van der Waals surface area contributed by atoms with Gasteiger partial charge in [-0.25, -0.2) is 0 Å². The van der Waals surface area contributed by atoms with Crippen molar-refractivity contribution in [3.63, 3.8) is 0 Å². The summed E-state index contributed by atoms with van der Waals surface area (Å²) in [6.07, 6.45) is 10.2. The summed E-state index contributed by atoms with van der Waals surface area (Å²) in [5, 5.41) is 0. The van der Waals surface area contributed by atoms with E-state index in [0.717, 1.165) is 25.9 Å². The molecule has 3 nitrogen and oxygen atoms in total. The zero-order valence-electron chi connectivity index (χ0n) is 15.0. The Morgan fingerprint density at radius 1 is 0.952 bits per heavy atom. The van der Waals surface area contributed by atoms with Crippen molar-refractivity contribution in [3.05, 3.63) is 0 Å². The average Bonchev–Trinajstić information content (AvgIpc) is 2.52. The van der Waals surface area contributed by atoms with Crippen LogP contribution in [0.15, 0.2) is 0 Å². The van der Waals surface area contributed by atoms with Crippen LogP contribution in [0.2, 0.25) is 0 Å². The van der Waals surface area contributed by atoms with E-state index in [0.29, 0.717) is 0 Å². The maximum absolute atomic E-state index is 11.5. The maximum Gasteiger partial charge on any atom is 0.219 e. The van der Waals surface area contributed by atoms with Crippen molar-refractivity contribution >= 4 is 5.91 Å². The summed E-state index contributed by atoms with van der Waals surface area (Å²) < 4.78 is 0. The number of hydrogen-bond acceptors (Lipinski definition) is 2. The summed E-state index contributed by atoms with van der Waals surface area (Å²) in [6, 6.07) is 0. The number of unbranched alkanes of at least 4 members (excludes halogenated alkanes) is 3. The maximum atomic E-state index is 11.5. The molecule has 0 saturated carbocycles. The van der Waals surface area contributed by atoms with Crippen molar-refractivity contribution < 1.29 is 4.79 Å². The lowest BCUT2D eigenvalue weighted by molar-refractivity contribution is -0.129. The molecule has 0 bridgehead atoms. The second kappa shape index (κ2) is 14.4. The molecule has 126 valence electrons. The molecule has 0 aromatic heterocycles. The van der Waals surface area contributed by atoms with Gasteiger partial charge in [-0.3, -0.25) is 4.79 Å². The van der Waals surface area contributed by atoms with E-state index in [4.69, 9.17) is 0 Å². The fourth-order valence-electron chi connectivity index (χ4n) is 2.77. The number of amides is 1. The minimum atomic E-state index is 0.240. The van der Waals surface area contributed by atoms with Gasteiger partial charge < -0.3 is 9.80 Å². The van der Waals surface area contributed by atoms with Crippen LogP contribution in [0.5, 0.6) is 0 Å². The van der Waals surface area contributed by atoms with E-state index in [1.165, 1.54) is 58.2 Å². The lowest BCUT2D eigenvalue weighted by atomic mass is 10.1. The zero-order valence-corrected chi connectivity index (χ0v) is 15.0. The molecule has 1 heterocycles. The third-order valence-corrected chi connectivity index (χ3v) is 4.08. The molecule has 1 amide bonds. The summed E-state index contributed by atoms with van der Waals surface area (Å²) in [4.78, 5) is 16.1. The number of likely N-dealkylation sites (tertiary alicyclic amines) is 1. The first-order chi connectivity index (χ1) is 10.2. The Kier molecular flexibility index (Phi) is 14.0. The minimum absolute atomic E-state index is 0.240. The van der Waals surface area contributed by atoms with Crippen LogP contribution < -0.4 is 0 Å². The van der Waals surface area contributed by atoms with E-state index in [1.807, 2.05) is 18.7 Å². The monoisotopic (exact) mass is 298 g/mol. The van der Waals surface area contributed by atoms with Gasteiger partial charge in [0.2, 0.25) is 5.91 Å². The molecule has 0 aromatic carbocycles. The Labute approximate surface area is 133 Å². The van der Waals surface area contributed by atoms with Crippen LogP contribution in [-0.2, 0) is 4.79 Å². The molecule has 0 atom stereocenters. The third-order valence-electron chi connectivity index (χ3n) is 4.08. The molecule has 1 rings (SSSR count). The molecule has 1 aliphatic rings. The van der Waals surface area contributed by atoms with Crippen LogP contribution in [0.25, 0.3) is 0 Å². The number of carbonyl (C=O) groups excluding carboxylic acids is 1. The number of carbonyl (C=O) groups is 1. The molecule has 0 aromatic rings. The second-order valence-corrected chi connectivity index (χ2v) is 5.82. The minimum Gasteiger partial charge on any atom is -0.343 e. The van der Waals surface area contributed by atoms with Crippen molar-refractivity contribution in [2.24, 2.45) is 0 Å². The van der Waals surface area contributed by atoms with Gasteiger partial charge >= 0.3 is 0 Å². The molecule has 0 spiro atoms. The Morgan fingerprint density at radius 2 is 1.57 bits per heavy atom. The Balaban J connectivity index is 0.00000191. The van der Waals surface area contributed by atoms with Gasteiger partial charge in [-0.1, -0.05) is 40.0 Å². The van der Waals surface area contributed by atoms with Crippen LogP contribution >= 0.6 is 0 Å². The number of hydrogen-bond donors (Lipinski definition) is 0. The van der Waals surface area contributed by atoms with E-state index >= 15 is 0 Å². The quantitative estimate of drug-likeness (QED) is 0.592. The van der Waals surface area contributed by atoms with E-state index in [9.17, 15) is 4.79 Å². The van der Waals surface area contributed by atoms with Gasteiger partial charge in [-0.15, -0.1) is 0 Å². The van der Waals surface area contributed by atoms with Crippen molar-refractivity contribution in [1.82, 2.24) is 9.80 Å². The Hall–Kier alpha value is -0.570. The zero-order chi connectivity index (χ0) is 15.9. The Morgan fingerprint density at radius 3 is 2.14 bits per heavy atom. The largest absolute Gasteiger partial charge is 0.343 e. The highest BCUT2D eigenvalue weighted by molar-refractivity contribution is 5.73. The van der Waals surface area contributed by atoms with Gasteiger partial charge in [-0.05, 0) is 51.7 Å². The summed E-state index contributed by atoms with van der Waals surface area (Å²) in [5.74, 6) is 0.240. The summed E-state index contributed by atoms with van der Waals surface area (Å²) in [5.41, 5.74) is 0. The molecule has 0 unspecified atom stereocenters.